The minimum Gasteiger partial charge on any atom is -0.480 e. The molecule has 0 aliphatic rings. The molecule has 0 radical (unpaired) electrons. The van der Waals surface area contributed by atoms with E-state index in [9.17, 15) is 9.59 Å². The summed E-state index contributed by atoms with van der Waals surface area (Å²) in [6.07, 6.45) is 1.16. The molecular weight excluding hydrogens is 272 g/mol. The summed E-state index contributed by atoms with van der Waals surface area (Å²) in [5, 5.41) is 8.85. The van der Waals surface area contributed by atoms with Crippen LogP contribution in [0.3, 0.4) is 0 Å². The number of carbonyl (C=O) groups is 2. The first-order chi connectivity index (χ1) is 10.0. The van der Waals surface area contributed by atoms with Crippen molar-refractivity contribution in [1.82, 2.24) is 4.90 Å². The Morgan fingerprint density at radius 2 is 2.00 bits per heavy atom. The molecule has 1 aromatic rings. The third-order valence-electron chi connectivity index (χ3n) is 3.11. The van der Waals surface area contributed by atoms with Crippen LogP contribution in [0, 0.1) is 0 Å². The van der Waals surface area contributed by atoms with Crippen LogP contribution in [0.15, 0.2) is 30.3 Å². The molecular formula is C15H22N2O4. The van der Waals surface area contributed by atoms with Crippen molar-refractivity contribution in [3.05, 3.63) is 35.9 Å². The number of amides is 1. The molecule has 0 heterocycles. The maximum absolute atomic E-state index is 12.2. The fourth-order valence-corrected chi connectivity index (χ4v) is 1.96. The van der Waals surface area contributed by atoms with E-state index in [1.54, 1.807) is 0 Å². The van der Waals surface area contributed by atoms with E-state index in [1.165, 1.54) is 12.0 Å². The molecule has 0 saturated heterocycles. The van der Waals surface area contributed by atoms with Crippen LogP contribution in [-0.4, -0.2) is 54.7 Å². The molecule has 3 N–H and O–H groups in total. The Balaban J connectivity index is 2.54. The Labute approximate surface area is 124 Å². The van der Waals surface area contributed by atoms with Crippen molar-refractivity contribution in [1.29, 1.82) is 0 Å². The van der Waals surface area contributed by atoms with Gasteiger partial charge in [-0.15, -0.1) is 0 Å². The standard InChI is InChI=1S/C15H22N2O4/c1-21-10-9-17(11-14(18)19)15(20)13(16)8-7-12-5-3-2-4-6-12/h2-6,13H,7-11,16H2,1H3,(H,18,19)/t13-/m0/s1. The number of aliphatic carboxylic acids is 1. The van der Waals surface area contributed by atoms with Gasteiger partial charge in [0.15, 0.2) is 0 Å². The van der Waals surface area contributed by atoms with Gasteiger partial charge < -0.3 is 20.5 Å². The molecule has 0 saturated carbocycles. The summed E-state index contributed by atoms with van der Waals surface area (Å²) >= 11 is 0. The van der Waals surface area contributed by atoms with Gasteiger partial charge in [-0.25, -0.2) is 0 Å². The fourth-order valence-electron chi connectivity index (χ4n) is 1.96. The van der Waals surface area contributed by atoms with Gasteiger partial charge in [-0.2, -0.15) is 0 Å². The summed E-state index contributed by atoms with van der Waals surface area (Å²) in [4.78, 5) is 24.2. The lowest BCUT2D eigenvalue weighted by Gasteiger charge is -2.23. The van der Waals surface area contributed by atoms with E-state index >= 15 is 0 Å². The molecule has 0 aliphatic heterocycles. The molecule has 6 nitrogen and oxygen atoms in total. The largest absolute Gasteiger partial charge is 0.480 e. The second kappa shape index (κ2) is 9.10. The Bertz CT molecular complexity index is 450. The van der Waals surface area contributed by atoms with Crippen LogP contribution in [-0.2, 0) is 20.7 Å². The monoisotopic (exact) mass is 294 g/mol. The second-order valence-corrected chi connectivity index (χ2v) is 4.78. The van der Waals surface area contributed by atoms with Crippen molar-refractivity contribution in [3.63, 3.8) is 0 Å². The lowest BCUT2D eigenvalue weighted by Crippen LogP contribution is -2.47. The summed E-state index contributed by atoms with van der Waals surface area (Å²) in [5.41, 5.74) is 6.99. The molecule has 0 fully saturated rings. The van der Waals surface area contributed by atoms with Crippen molar-refractivity contribution in [2.24, 2.45) is 5.73 Å². The van der Waals surface area contributed by atoms with E-state index in [2.05, 4.69) is 0 Å². The number of carboxylic acids is 1. The Kier molecular flexibility index (Phi) is 7.42. The van der Waals surface area contributed by atoms with E-state index in [0.29, 0.717) is 12.8 Å². The van der Waals surface area contributed by atoms with Crippen LogP contribution in [0.25, 0.3) is 0 Å². The lowest BCUT2D eigenvalue weighted by molar-refractivity contribution is -0.145. The Morgan fingerprint density at radius 3 is 2.57 bits per heavy atom. The van der Waals surface area contributed by atoms with E-state index in [-0.39, 0.29) is 25.6 Å². The SMILES string of the molecule is COCCN(CC(=O)O)C(=O)[C@@H](N)CCc1ccccc1. The average Bonchev–Trinajstić information content (AvgIpc) is 2.49. The first-order valence-corrected chi connectivity index (χ1v) is 6.83. The Morgan fingerprint density at radius 1 is 1.33 bits per heavy atom. The van der Waals surface area contributed by atoms with Crippen molar-refractivity contribution in [3.8, 4) is 0 Å². The lowest BCUT2D eigenvalue weighted by atomic mass is 10.0. The number of rotatable bonds is 9. The van der Waals surface area contributed by atoms with Crippen molar-refractivity contribution < 1.29 is 19.4 Å². The highest BCUT2D eigenvalue weighted by atomic mass is 16.5. The molecule has 116 valence electrons. The highest BCUT2D eigenvalue weighted by Gasteiger charge is 2.22. The molecule has 1 rings (SSSR count). The van der Waals surface area contributed by atoms with Crippen molar-refractivity contribution in [2.75, 3.05) is 26.8 Å². The summed E-state index contributed by atoms with van der Waals surface area (Å²) in [5.74, 6) is -1.42. The quantitative estimate of drug-likeness (QED) is 0.692. The maximum Gasteiger partial charge on any atom is 0.323 e. The predicted octanol–water partition coefficient (Wildman–Crippen LogP) is 0.506. The van der Waals surface area contributed by atoms with Gasteiger partial charge in [-0.05, 0) is 18.4 Å². The highest BCUT2D eigenvalue weighted by molar-refractivity contribution is 5.85. The van der Waals surface area contributed by atoms with Crippen LogP contribution < -0.4 is 5.73 Å². The topological polar surface area (TPSA) is 92.9 Å². The van der Waals surface area contributed by atoms with Crippen LogP contribution in [0.5, 0.6) is 0 Å². The van der Waals surface area contributed by atoms with Gasteiger partial charge in [-0.1, -0.05) is 30.3 Å². The molecule has 1 aromatic carbocycles. The van der Waals surface area contributed by atoms with Gasteiger partial charge in [0, 0.05) is 13.7 Å². The van der Waals surface area contributed by atoms with Gasteiger partial charge in [0.2, 0.25) is 5.91 Å². The normalized spacial score (nSPS) is 11.9. The second-order valence-electron chi connectivity index (χ2n) is 4.78. The first kappa shape index (κ1) is 17.1. The number of nitrogens with zero attached hydrogens (tertiary/aromatic N) is 1. The van der Waals surface area contributed by atoms with Gasteiger partial charge in [-0.3, -0.25) is 9.59 Å². The number of carboxylic acid groups (broad SMARTS) is 1. The number of benzene rings is 1. The number of hydrogen-bond acceptors (Lipinski definition) is 4. The fraction of sp³-hybridized carbons (Fsp3) is 0.467. The zero-order valence-electron chi connectivity index (χ0n) is 12.2. The van der Waals surface area contributed by atoms with Crippen LogP contribution in [0.4, 0.5) is 0 Å². The highest BCUT2D eigenvalue weighted by Crippen LogP contribution is 2.06. The summed E-state index contributed by atoms with van der Waals surface area (Å²) in [6.45, 7) is 0.145. The minimum absolute atomic E-state index is 0.223. The van der Waals surface area contributed by atoms with Crippen LogP contribution in [0.1, 0.15) is 12.0 Å². The molecule has 0 unspecified atom stereocenters. The third kappa shape index (κ3) is 6.37. The summed E-state index contributed by atoms with van der Waals surface area (Å²) in [7, 11) is 1.50. The summed E-state index contributed by atoms with van der Waals surface area (Å²) in [6, 6.07) is 9.01. The van der Waals surface area contributed by atoms with Crippen LogP contribution in [0.2, 0.25) is 0 Å². The third-order valence-corrected chi connectivity index (χ3v) is 3.11. The first-order valence-electron chi connectivity index (χ1n) is 6.83. The molecule has 0 spiro atoms. The van der Waals surface area contributed by atoms with Gasteiger partial charge in [0.1, 0.15) is 6.54 Å². The number of hydrogen-bond donors (Lipinski definition) is 2. The molecule has 0 bridgehead atoms. The van der Waals surface area contributed by atoms with Gasteiger partial charge in [0.05, 0.1) is 12.6 Å². The number of aryl methyl sites for hydroxylation is 1. The maximum atomic E-state index is 12.2. The van der Waals surface area contributed by atoms with E-state index in [0.717, 1.165) is 5.56 Å². The molecule has 0 aromatic heterocycles. The van der Waals surface area contributed by atoms with Gasteiger partial charge >= 0.3 is 5.97 Å². The van der Waals surface area contributed by atoms with Crippen LogP contribution >= 0.6 is 0 Å². The zero-order valence-corrected chi connectivity index (χ0v) is 12.2. The molecule has 21 heavy (non-hydrogen) atoms. The van der Waals surface area contributed by atoms with E-state index < -0.39 is 12.0 Å². The molecule has 0 aliphatic carbocycles. The number of nitrogens with two attached hydrogens (primary N) is 1. The molecule has 1 atom stereocenters. The zero-order chi connectivity index (χ0) is 15.7. The van der Waals surface area contributed by atoms with Crippen molar-refractivity contribution >= 4 is 11.9 Å². The smallest absolute Gasteiger partial charge is 0.323 e. The number of methoxy groups -OCH3 is 1. The van der Waals surface area contributed by atoms with E-state index in [4.69, 9.17) is 15.6 Å². The molecule has 1 amide bonds. The predicted molar refractivity (Wildman–Crippen MR) is 78.8 cm³/mol. The molecule has 6 heteroatoms. The average molecular weight is 294 g/mol. The number of ether oxygens (including phenoxy) is 1. The van der Waals surface area contributed by atoms with E-state index in [1.807, 2.05) is 30.3 Å². The Hall–Kier alpha value is -1.92. The van der Waals surface area contributed by atoms with Crippen molar-refractivity contribution in [2.45, 2.75) is 18.9 Å². The minimum atomic E-state index is -1.06. The number of carbonyl (C=O) groups excluding carboxylic acids is 1. The summed E-state index contributed by atoms with van der Waals surface area (Å²) < 4.78 is 4.89. The van der Waals surface area contributed by atoms with Gasteiger partial charge in [0.25, 0.3) is 0 Å².